The highest BCUT2D eigenvalue weighted by molar-refractivity contribution is 6.32. The zero-order chi connectivity index (χ0) is 25.6. The van der Waals surface area contributed by atoms with Crippen LogP contribution in [-0.4, -0.2) is 43.1 Å². The molecule has 0 heterocycles. The Morgan fingerprint density at radius 3 is 2.41 bits per heavy atom. The van der Waals surface area contributed by atoms with Crippen molar-refractivity contribution in [2.45, 2.75) is 19.2 Å². The number of benzene rings is 2. The molecule has 0 bridgehead atoms. The van der Waals surface area contributed by atoms with Crippen molar-refractivity contribution in [3.63, 3.8) is 0 Å². The quantitative estimate of drug-likeness (QED) is 0.198. The number of halogens is 4. The van der Waals surface area contributed by atoms with Gasteiger partial charge in [-0.05, 0) is 31.2 Å². The van der Waals surface area contributed by atoms with Crippen LogP contribution in [0.15, 0.2) is 41.4 Å². The third kappa shape index (κ3) is 6.57. The van der Waals surface area contributed by atoms with E-state index < -0.39 is 46.4 Å². The fourth-order valence-electron chi connectivity index (χ4n) is 2.48. The third-order valence-corrected chi connectivity index (χ3v) is 4.42. The number of aliphatic imine (C=N–C) groups is 1. The van der Waals surface area contributed by atoms with E-state index in [0.29, 0.717) is 6.07 Å². The van der Waals surface area contributed by atoms with Crippen LogP contribution in [-0.2, 0) is 20.4 Å². The number of nitro groups is 1. The molecular weight excluding hydrogens is 487 g/mol. The van der Waals surface area contributed by atoms with Gasteiger partial charge in [-0.2, -0.15) is 18.2 Å². The Morgan fingerprint density at radius 1 is 1.21 bits per heavy atom. The predicted molar refractivity (Wildman–Crippen MR) is 113 cm³/mol. The molecule has 0 saturated heterocycles. The molecule has 14 heteroatoms. The highest BCUT2D eigenvalue weighted by Crippen LogP contribution is 2.37. The van der Waals surface area contributed by atoms with E-state index in [9.17, 15) is 32.9 Å². The van der Waals surface area contributed by atoms with Crippen LogP contribution in [0.1, 0.15) is 18.1 Å². The number of hydrogen-bond donors (Lipinski definition) is 1. The molecule has 0 fully saturated rings. The largest absolute Gasteiger partial charge is 0.466 e. The number of amides is 2. The average molecular weight is 504 g/mol. The van der Waals surface area contributed by atoms with Crippen molar-refractivity contribution in [3.05, 3.63) is 62.7 Å². The zero-order valence-electron chi connectivity index (χ0n) is 17.8. The molecular formula is C20H17ClF3N3O7. The fourth-order valence-corrected chi connectivity index (χ4v) is 2.69. The second-order valence-corrected chi connectivity index (χ2v) is 6.84. The number of nitrogens with one attached hydrogen (secondary N) is 1. The summed E-state index contributed by atoms with van der Waals surface area (Å²) in [4.78, 5) is 37.9. The molecule has 0 radical (unpaired) electrons. The molecule has 34 heavy (non-hydrogen) atoms. The van der Waals surface area contributed by atoms with Gasteiger partial charge >= 0.3 is 18.2 Å². The van der Waals surface area contributed by atoms with E-state index in [2.05, 4.69) is 15.0 Å². The van der Waals surface area contributed by atoms with Crippen LogP contribution in [0.3, 0.4) is 0 Å². The Balaban J connectivity index is 2.54. The first-order chi connectivity index (χ1) is 15.9. The van der Waals surface area contributed by atoms with Gasteiger partial charge in [-0.3, -0.25) is 10.1 Å². The van der Waals surface area contributed by atoms with Crippen molar-refractivity contribution in [3.8, 4) is 11.5 Å². The topological polar surface area (TPSA) is 129 Å². The predicted octanol–water partition coefficient (Wildman–Crippen LogP) is 4.72. The molecule has 2 aromatic carbocycles. The van der Waals surface area contributed by atoms with Crippen LogP contribution >= 0.6 is 11.6 Å². The number of hydrogen-bond acceptors (Lipinski definition) is 7. The Morgan fingerprint density at radius 2 is 1.88 bits per heavy atom. The van der Waals surface area contributed by atoms with Gasteiger partial charge in [0.1, 0.15) is 17.1 Å². The summed E-state index contributed by atoms with van der Waals surface area (Å²) >= 11 is 5.89. The second-order valence-electron chi connectivity index (χ2n) is 6.44. The van der Waals surface area contributed by atoms with Gasteiger partial charge in [-0.25, -0.2) is 9.59 Å². The number of carbonyl (C=O) groups is 2. The van der Waals surface area contributed by atoms with Crippen LogP contribution in [0.4, 0.5) is 23.7 Å². The van der Waals surface area contributed by atoms with Gasteiger partial charge in [0.05, 0.1) is 22.6 Å². The smallest absolute Gasteiger partial charge is 0.416 e. The van der Waals surface area contributed by atoms with Crippen molar-refractivity contribution in [1.82, 2.24) is 5.32 Å². The van der Waals surface area contributed by atoms with Gasteiger partial charge < -0.3 is 19.5 Å². The molecule has 0 saturated carbocycles. The number of esters is 1. The summed E-state index contributed by atoms with van der Waals surface area (Å²) in [5.74, 6) is -1.74. The van der Waals surface area contributed by atoms with Crippen molar-refractivity contribution in [1.29, 1.82) is 0 Å². The number of rotatable bonds is 6. The fraction of sp³-hybridized carbons (Fsp3) is 0.250. The lowest BCUT2D eigenvalue weighted by molar-refractivity contribution is -0.385. The minimum Gasteiger partial charge on any atom is -0.466 e. The molecule has 0 aromatic heterocycles. The third-order valence-electron chi connectivity index (χ3n) is 4.12. The van der Waals surface area contributed by atoms with Crippen LogP contribution < -0.4 is 10.1 Å². The van der Waals surface area contributed by atoms with Gasteiger partial charge in [0.2, 0.25) is 5.90 Å². The Kier molecular flexibility index (Phi) is 8.41. The molecule has 2 aromatic rings. The van der Waals surface area contributed by atoms with Crippen LogP contribution in [0.25, 0.3) is 0 Å². The first-order valence-electron chi connectivity index (χ1n) is 9.25. The van der Waals surface area contributed by atoms with E-state index in [1.165, 1.54) is 14.0 Å². The van der Waals surface area contributed by atoms with Crippen molar-refractivity contribution in [2.75, 3.05) is 14.2 Å². The average Bonchev–Trinajstić information content (AvgIpc) is 2.78. The van der Waals surface area contributed by atoms with E-state index in [4.69, 9.17) is 21.1 Å². The Bertz CT molecular complexity index is 1140. The maximum Gasteiger partial charge on any atom is 0.416 e. The molecule has 1 N–H and O–H groups in total. The lowest BCUT2D eigenvalue weighted by atomic mass is 10.1. The minimum atomic E-state index is -4.62. The molecule has 0 aliphatic heterocycles. The lowest BCUT2D eigenvalue weighted by Crippen LogP contribution is -2.27. The van der Waals surface area contributed by atoms with E-state index in [-0.39, 0.29) is 22.1 Å². The second kappa shape index (κ2) is 10.8. The van der Waals surface area contributed by atoms with Gasteiger partial charge in [-0.1, -0.05) is 11.6 Å². The van der Waals surface area contributed by atoms with Crippen molar-refractivity contribution in [2.24, 2.45) is 4.99 Å². The Hall–Kier alpha value is -3.87. The number of urea groups is 1. The molecule has 2 amide bonds. The zero-order valence-corrected chi connectivity index (χ0v) is 18.6. The molecule has 10 nitrogen and oxygen atoms in total. The molecule has 2 rings (SSSR count). The number of ether oxygens (including phenoxy) is 3. The number of nitrogens with zero attached hydrogens (tertiary/aromatic N) is 2. The normalized spacial score (nSPS) is 12.5. The molecule has 0 aliphatic rings. The van der Waals surface area contributed by atoms with E-state index in [1.54, 1.807) is 0 Å². The highest BCUT2D eigenvalue weighted by Gasteiger charge is 2.31. The molecule has 0 spiro atoms. The van der Waals surface area contributed by atoms with E-state index >= 15 is 0 Å². The number of carbonyl (C=O) groups excluding carboxylic acids is 2. The van der Waals surface area contributed by atoms with Crippen LogP contribution in [0, 0.1) is 10.1 Å². The van der Waals surface area contributed by atoms with Gasteiger partial charge in [0, 0.05) is 19.2 Å². The van der Waals surface area contributed by atoms with Crippen molar-refractivity contribution < 1.29 is 41.9 Å². The first-order valence-corrected chi connectivity index (χ1v) is 9.63. The standard InChI is InChI=1S/C20H17ClF3N3O7/c1-10(18(28)32-3)33-17(26-19(29)25-2)13-9-12(5-6-15(13)27(30)31)34-16-7-4-11(8-14(16)21)20(22,23)24/h4-10H,1-3H3,(H,25,29). The SMILES string of the molecule is CNC(=O)N=C(OC(C)C(=O)OC)c1cc(Oc2ccc(C(F)(F)F)cc2Cl)ccc1[N+](=O)[O-]. The minimum absolute atomic E-state index is 0.110. The maximum atomic E-state index is 12.9. The van der Waals surface area contributed by atoms with E-state index in [0.717, 1.165) is 37.4 Å². The molecule has 1 atom stereocenters. The molecule has 1 unspecified atom stereocenters. The summed E-state index contributed by atoms with van der Waals surface area (Å²) in [6, 6.07) is 4.62. The first kappa shape index (κ1) is 26.4. The summed E-state index contributed by atoms with van der Waals surface area (Å²) in [7, 11) is 2.33. The van der Waals surface area contributed by atoms with E-state index in [1.807, 2.05) is 0 Å². The number of methoxy groups -OCH3 is 1. The van der Waals surface area contributed by atoms with Gasteiger partial charge in [-0.15, -0.1) is 0 Å². The molecule has 0 aliphatic carbocycles. The Labute approximate surface area is 195 Å². The van der Waals surface area contributed by atoms with Gasteiger partial charge in [0.25, 0.3) is 5.69 Å². The highest BCUT2D eigenvalue weighted by atomic mass is 35.5. The number of alkyl halides is 3. The van der Waals surface area contributed by atoms with Gasteiger partial charge in [0.15, 0.2) is 6.10 Å². The molecule has 182 valence electrons. The van der Waals surface area contributed by atoms with Crippen LogP contribution in [0.5, 0.6) is 11.5 Å². The number of nitro benzene ring substituents is 1. The monoisotopic (exact) mass is 503 g/mol. The summed E-state index contributed by atoms with van der Waals surface area (Å²) in [6.07, 6.45) is -5.93. The van der Waals surface area contributed by atoms with Crippen molar-refractivity contribution >= 4 is 35.2 Å². The van der Waals surface area contributed by atoms with Crippen LogP contribution in [0.2, 0.25) is 5.02 Å². The summed E-state index contributed by atoms with van der Waals surface area (Å²) in [5, 5.41) is 13.4. The maximum absolute atomic E-state index is 12.9. The summed E-state index contributed by atoms with van der Waals surface area (Å²) < 4.78 is 53.9. The summed E-state index contributed by atoms with van der Waals surface area (Å²) in [5.41, 5.74) is -1.92. The summed E-state index contributed by atoms with van der Waals surface area (Å²) in [6.45, 7) is 1.26. The lowest BCUT2D eigenvalue weighted by Gasteiger charge is -2.16.